The molecule has 1 atom stereocenters. The fourth-order valence-electron chi connectivity index (χ4n) is 4.17. The minimum absolute atomic E-state index is 0.00596. The lowest BCUT2D eigenvalue weighted by Gasteiger charge is -2.26. The number of carbonyl (C=O) groups excluding carboxylic acids is 2. The molecule has 3 aromatic carbocycles. The van der Waals surface area contributed by atoms with Crippen LogP contribution in [0.5, 0.6) is 23.0 Å². The van der Waals surface area contributed by atoms with Crippen molar-refractivity contribution in [3.05, 3.63) is 81.3 Å². The lowest BCUT2D eigenvalue weighted by molar-refractivity contribution is -0.132. The molecule has 0 bridgehead atoms. The van der Waals surface area contributed by atoms with Gasteiger partial charge in [-0.3, -0.25) is 14.5 Å². The van der Waals surface area contributed by atoms with Gasteiger partial charge in [0.25, 0.3) is 11.7 Å². The Morgan fingerprint density at radius 3 is 2.25 bits per heavy atom. The molecular formula is C26H21Cl2NO7. The van der Waals surface area contributed by atoms with Gasteiger partial charge in [0.1, 0.15) is 22.3 Å². The van der Waals surface area contributed by atoms with Crippen molar-refractivity contribution in [2.75, 3.05) is 26.2 Å². The van der Waals surface area contributed by atoms with Gasteiger partial charge in [0.2, 0.25) is 0 Å². The molecule has 1 amide bonds. The van der Waals surface area contributed by atoms with Crippen molar-refractivity contribution in [3.8, 4) is 23.0 Å². The fourth-order valence-corrected chi connectivity index (χ4v) is 4.85. The van der Waals surface area contributed by atoms with Gasteiger partial charge in [0.05, 0.1) is 49.2 Å². The summed E-state index contributed by atoms with van der Waals surface area (Å²) < 4.78 is 15.9. The summed E-state index contributed by atoms with van der Waals surface area (Å²) >= 11 is 12.7. The van der Waals surface area contributed by atoms with Gasteiger partial charge in [-0.05, 0) is 35.9 Å². The van der Waals surface area contributed by atoms with E-state index < -0.39 is 23.5 Å². The second kappa shape index (κ2) is 10.0. The highest BCUT2D eigenvalue weighted by Gasteiger charge is 2.48. The van der Waals surface area contributed by atoms with E-state index in [0.717, 1.165) is 4.90 Å². The predicted octanol–water partition coefficient (Wildman–Crippen LogP) is 5.35. The first kappa shape index (κ1) is 25.2. The van der Waals surface area contributed by atoms with E-state index in [2.05, 4.69) is 0 Å². The number of para-hydroxylation sites is 2. The molecule has 3 aromatic rings. The van der Waals surface area contributed by atoms with Crippen LogP contribution in [0.3, 0.4) is 0 Å². The monoisotopic (exact) mass is 529 g/mol. The number of methoxy groups -OCH3 is 3. The fraction of sp³-hybridized carbons (Fsp3) is 0.154. The van der Waals surface area contributed by atoms with Crippen molar-refractivity contribution < 1.29 is 34.0 Å². The molecule has 0 aliphatic carbocycles. The van der Waals surface area contributed by atoms with Crippen molar-refractivity contribution in [2.24, 2.45) is 0 Å². The number of anilines is 1. The van der Waals surface area contributed by atoms with Crippen LogP contribution in [0.1, 0.15) is 17.2 Å². The molecule has 1 aliphatic rings. The van der Waals surface area contributed by atoms with Gasteiger partial charge < -0.3 is 24.4 Å². The molecule has 0 aromatic heterocycles. The number of aliphatic hydroxyl groups excluding tert-OH is 1. The Morgan fingerprint density at radius 2 is 1.61 bits per heavy atom. The van der Waals surface area contributed by atoms with Gasteiger partial charge in [-0.1, -0.05) is 47.5 Å². The quantitative estimate of drug-likeness (QED) is 0.252. The Balaban J connectivity index is 2.05. The molecular weight excluding hydrogens is 509 g/mol. The van der Waals surface area contributed by atoms with Crippen LogP contribution >= 0.6 is 23.2 Å². The summed E-state index contributed by atoms with van der Waals surface area (Å²) in [4.78, 5) is 27.8. The van der Waals surface area contributed by atoms with Crippen LogP contribution in [-0.4, -0.2) is 43.2 Å². The number of aliphatic hydroxyl groups is 1. The molecule has 2 N–H and O–H groups in total. The number of hydrogen-bond acceptors (Lipinski definition) is 7. The highest BCUT2D eigenvalue weighted by atomic mass is 35.5. The highest BCUT2D eigenvalue weighted by molar-refractivity contribution is 6.52. The molecule has 1 fully saturated rings. The van der Waals surface area contributed by atoms with E-state index in [1.165, 1.54) is 39.5 Å². The molecule has 1 heterocycles. The number of ketones is 1. The first-order chi connectivity index (χ1) is 17.2. The summed E-state index contributed by atoms with van der Waals surface area (Å²) in [6.07, 6.45) is 0. The minimum Gasteiger partial charge on any atom is -0.507 e. The Kier molecular flexibility index (Phi) is 7.01. The summed E-state index contributed by atoms with van der Waals surface area (Å²) in [6, 6.07) is 13.0. The molecule has 1 unspecified atom stereocenters. The third-order valence-electron chi connectivity index (χ3n) is 5.79. The van der Waals surface area contributed by atoms with E-state index in [9.17, 15) is 19.8 Å². The number of Topliss-reactive ketones (excluding diaryl/α,β-unsaturated/α-hetero) is 1. The van der Waals surface area contributed by atoms with Gasteiger partial charge in [0, 0.05) is 0 Å². The van der Waals surface area contributed by atoms with Gasteiger partial charge >= 0.3 is 0 Å². The van der Waals surface area contributed by atoms with Crippen molar-refractivity contribution in [3.63, 3.8) is 0 Å². The number of phenolic OH excluding ortho intramolecular Hbond substituents is 1. The maximum absolute atomic E-state index is 13.4. The summed E-state index contributed by atoms with van der Waals surface area (Å²) in [5.74, 6) is -2.14. The van der Waals surface area contributed by atoms with Gasteiger partial charge in [-0.2, -0.15) is 0 Å². The molecule has 4 rings (SSSR count). The third kappa shape index (κ3) is 4.08. The van der Waals surface area contributed by atoms with E-state index >= 15 is 0 Å². The lowest BCUT2D eigenvalue weighted by atomic mass is 9.94. The van der Waals surface area contributed by atoms with E-state index in [-0.39, 0.29) is 44.1 Å². The average Bonchev–Trinajstić information content (AvgIpc) is 3.14. The molecule has 0 spiro atoms. The second-order valence-corrected chi connectivity index (χ2v) is 8.51. The number of amides is 1. The molecule has 0 saturated carbocycles. The van der Waals surface area contributed by atoms with E-state index in [1.807, 2.05) is 0 Å². The number of nitrogens with zero attached hydrogens (tertiary/aromatic N) is 1. The van der Waals surface area contributed by atoms with Gasteiger partial charge in [-0.15, -0.1) is 0 Å². The van der Waals surface area contributed by atoms with Gasteiger partial charge in [-0.25, -0.2) is 0 Å². The first-order valence-electron chi connectivity index (χ1n) is 10.6. The Morgan fingerprint density at radius 1 is 0.917 bits per heavy atom. The second-order valence-electron chi connectivity index (χ2n) is 7.72. The number of benzene rings is 3. The summed E-state index contributed by atoms with van der Waals surface area (Å²) in [6.45, 7) is 0. The number of carbonyl (C=O) groups is 2. The molecule has 0 radical (unpaired) electrons. The standard InChI is InChI=1S/C26H21Cl2NO7/c1-34-14-8-6-7-13(11-14)21-19(23(32)26(33)29(21)17-9-4-5-10-18(17)30)22(31)15-12-16(27)25(36-3)20(28)24(15)35-2/h4-12,21,30-31H,1-3H3/b22-19+. The number of ether oxygens (including phenoxy) is 3. The largest absolute Gasteiger partial charge is 0.507 e. The van der Waals surface area contributed by atoms with Crippen molar-refractivity contribution >= 4 is 46.3 Å². The van der Waals surface area contributed by atoms with E-state index in [1.54, 1.807) is 36.4 Å². The van der Waals surface area contributed by atoms with E-state index in [4.69, 9.17) is 37.4 Å². The molecule has 36 heavy (non-hydrogen) atoms. The normalized spacial score (nSPS) is 16.8. The summed E-state index contributed by atoms with van der Waals surface area (Å²) in [5, 5.41) is 22.0. The summed E-state index contributed by atoms with van der Waals surface area (Å²) in [5.41, 5.74) is 0.260. The zero-order chi connectivity index (χ0) is 26.1. The number of aromatic hydroxyl groups is 1. The smallest absolute Gasteiger partial charge is 0.300 e. The maximum atomic E-state index is 13.4. The molecule has 1 aliphatic heterocycles. The average molecular weight is 530 g/mol. The lowest BCUT2D eigenvalue weighted by Crippen LogP contribution is -2.29. The molecule has 1 saturated heterocycles. The zero-order valence-corrected chi connectivity index (χ0v) is 20.9. The Bertz CT molecular complexity index is 1400. The van der Waals surface area contributed by atoms with Gasteiger partial charge in [0.15, 0.2) is 11.5 Å². The zero-order valence-electron chi connectivity index (χ0n) is 19.4. The number of rotatable bonds is 6. The van der Waals surface area contributed by atoms with Crippen molar-refractivity contribution in [1.29, 1.82) is 0 Å². The number of halogens is 2. The molecule has 8 nitrogen and oxygen atoms in total. The van der Waals surface area contributed by atoms with Crippen LogP contribution < -0.4 is 19.1 Å². The third-order valence-corrected chi connectivity index (χ3v) is 6.41. The van der Waals surface area contributed by atoms with Crippen LogP contribution in [0.25, 0.3) is 5.76 Å². The number of hydrogen-bond donors (Lipinski definition) is 2. The van der Waals surface area contributed by atoms with Crippen LogP contribution in [0.15, 0.2) is 60.2 Å². The first-order valence-corrected chi connectivity index (χ1v) is 11.3. The Hall–Kier alpha value is -3.88. The number of phenols is 1. The topological polar surface area (TPSA) is 106 Å². The van der Waals surface area contributed by atoms with Crippen LogP contribution in [0, 0.1) is 0 Å². The predicted molar refractivity (Wildman–Crippen MR) is 135 cm³/mol. The minimum atomic E-state index is -1.13. The van der Waals surface area contributed by atoms with E-state index in [0.29, 0.717) is 11.3 Å². The SMILES string of the molecule is COc1cccc(C2/C(=C(\O)c3cc(Cl)c(OC)c(Cl)c3OC)C(=O)C(=O)N2c2ccccc2O)c1. The maximum Gasteiger partial charge on any atom is 0.300 e. The molecule has 186 valence electrons. The molecule has 10 heteroatoms. The van der Waals surface area contributed by atoms with Crippen molar-refractivity contribution in [2.45, 2.75) is 6.04 Å². The highest BCUT2D eigenvalue weighted by Crippen LogP contribution is 2.49. The van der Waals surface area contributed by atoms with Crippen molar-refractivity contribution in [1.82, 2.24) is 0 Å². The Labute approximate surface area is 216 Å². The van der Waals surface area contributed by atoms with Crippen LogP contribution in [0.2, 0.25) is 10.0 Å². The summed E-state index contributed by atoms with van der Waals surface area (Å²) in [7, 11) is 4.17. The van der Waals surface area contributed by atoms with Crippen LogP contribution in [0.4, 0.5) is 5.69 Å². The van der Waals surface area contributed by atoms with Crippen LogP contribution in [-0.2, 0) is 9.59 Å².